The normalized spacial score (nSPS) is 12.8. The molecule has 3 aromatic rings. The molecule has 102 valence electrons. The van der Waals surface area contributed by atoms with Gasteiger partial charge in [0.1, 0.15) is 17.2 Å². The van der Waals surface area contributed by atoms with Crippen LogP contribution in [0.25, 0.3) is 11.0 Å². The summed E-state index contributed by atoms with van der Waals surface area (Å²) in [4.78, 5) is 0. The fourth-order valence-electron chi connectivity index (χ4n) is 2.33. The highest BCUT2D eigenvalue weighted by atomic mass is 35.5. The van der Waals surface area contributed by atoms with Gasteiger partial charge in [0.05, 0.1) is 6.04 Å². The fraction of sp³-hybridized carbons (Fsp3) is 0.125. The van der Waals surface area contributed by atoms with E-state index in [0.717, 1.165) is 16.5 Å². The molecule has 1 atom stereocenters. The lowest BCUT2D eigenvalue weighted by Crippen LogP contribution is -2.13. The number of halogens is 2. The Morgan fingerprint density at radius 3 is 2.65 bits per heavy atom. The van der Waals surface area contributed by atoms with Crippen LogP contribution in [0.4, 0.5) is 4.39 Å². The lowest BCUT2D eigenvalue weighted by atomic mass is 10.0. The van der Waals surface area contributed by atoms with E-state index >= 15 is 0 Å². The minimum Gasteiger partial charge on any atom is -0.459 e. The van der Waals surface area contributed by atoms with Crippen LogP contribution < -0.4 is 5.73 Å². The van der Waals surface area contributed by atoms with Gasteiger partial charge in [0.25, 0.3) is 0 Å². The van der Waals surface area contributed by atoms with Gasteiger partial charge in [-0.15, -0.1) is 0 Å². The molecule has 0 spiro atoms. The van der Waals surface area contributed by atoms with Crippen LogP contribution in [0.2, 0.25) is 5.02 Å². The first-order valence-electron chi connectivity index (χ1n) is 6.26. The van der Waals surface area contributed by atoms with Crippen molar-refractivity contribution in [2.45, 2.75) is 13.0 Å². The first-order chi connectivity index (χ1) is 9.58. The van der Waals surface area contributed by atoms with Gasteiger partial charge in [-0.2, -0.15) is 0 Å². The molecule has 0 amide bonds. The molecule has 4 heteroatoms. The molecule has 0 aliphatic heterocycles. The van der Waals surface area contributed by atoms with Crippen molar-refractivity contribution in [3.63, 3.8) is 0 Å². The molecule has 1 aromatic heterocycles. The van der Waals surface area contributed by atoms with Gasteiger partial charge in [-0.25, -0.2) is 4.39 Å². The summed E-state index contributed by atoms with van der Waals surface area (Å²) >= 11 is 6.04. The van der Waals surface area contributed by atoms with Gasteiger partial charge in [0.2, 0.25) is 0 Å². The van der Waals surface area contributed by atoms with Gasteiger partial charge in [0, 0.05) is 16.0 Å². The summed E-state index contributed by atoms with van der Waals surface area (Å²) in [6.07, 6.45) is 0. The predicted octanol–water partition coefficient (Wildman–Crippen LogP) is 4.58. The van der Waals surface area contributed by atoms with Crippen molar-refractivity contribution < 1.29 is 8.81 Å². The van der Waals surface area contributed by atoms with Gasteiger partial charge in [0.15, 0.2) is 0 Å². The molecule has 0 saturated heterocycles. The summed E-state index contributed by atoms with van der Waals surface area (Å²) in [6.45, 7) is 1.96. The van der Waals surface area contributed by atoms with E-state index in [1.54, 1.807) is 12.1 Å². The molecule has 2 nitrogen and oxygen atoms in total. The van der Waals surface area contributed by atoms with E-state index in [-0.39, 0.29) is 5.56 Å². The van der Waals surface area contributed by atoms with E-state index in [9.17, 15) is 4.39 Å². The minimum absolute atomic E-state index is 0.255. The Labute approximate surface area is 121 Å². The van der Waals surface area contributed by atoms with E-state index in [2.05, 4.69) is 0 Å². The van der Waals surface area contributed by atoms with Crippen LogP contribution in [0.1, 0.15) is 22.9 Å². The molecule has 0 fully saturated rings. The largest absolute Gasteiger partial charge is 0.459 e. The van der Waals surface area contributed by atoms with Crippen LogP contribution >= 0.6 is 11.6 Å². The lowest BCUT2D eigenvalue weighted by molar-refractivity contribution is 0.509. The van der Waals surface area contributed by atoms with Crippen LogP contribution in [0, 0.1) is 12.7 Å². The van der Waals surface area contributed by atoms with Crippen molar-refractivity contribution >= 4 is 22.6 Å². The third-order valence-electron chi connectivity index (χ3n) is 3.38. The van der Waals surface area contributed by atoms with Crippen LogP contribution in [-0.2, 0) is 0 Å². The molecule has 2 aromatic carbocycles. The van der Waals surface area contributed by atoms with Crippen LogP contribution in [0.3, 0.4) is 0 Å². The SMILES string of the molecule is Cc1cccc2cc(C(N)c3c(F)cccc3Cl)oc12. The molecule has 0 aliphatic carbocycles. The zero-order valence-electron chi connectivity index (χ0n) is 10.9. The highest BCUT2D eigenvalue weighted by Crippen LogP contribution is 2.32. The average Bonchev–Trinajstić information content (AvgIpc) is 2.84. The third kappa shape index (κ3) is 2.09. The summed E-state index contributed by atoms with van der Waals surface area (Å²) in [5.74, 6) is 0.0727. The number of hydrogen-bond acceptors (Lipinski definition) is 2. The summed E-state index contributed by atoms with van der Waals surface area (Å²) in [6, 6.07) is 11.5. The van der Waals surface area contributed by atoms with E-state index in [4.69, 9.17) is 21.8 Å². The van der Waals surface area contributed by atoms with Gasteiger partial charge < -0.3 is 10.2 Å². The van der Waals surface area contributed by atoms with Gasteiger partial charge in [-0.05, 0) is 30.7 Å². The lowest BCUT2D eigenvalue weighted by Gasteiger charge is -2.12. The summed E-state index contributed by atoms with van der Waals surface area (Å²) in [5, 5.41) is 1.25. The number of para-hydroxylation sites is 1. The van der Waals surface area contributed by atoms with Crippen molar-refractivity contribution in [1.82, 2.24) is 0 Å². The Bertz CT molecular complexity index is 761. The zero-order valence-corrected chi connectivity index (χ0v) is 11.6. The first-order valence-corrected chi connectivity index (χ1v) is 6.64. The molecule has 3 rings (SSSR count). The number of furan rings is 1. The molecule has 0 bridgehead atoms. The zero-order chi connectivity index (χ0) is 14.3. The van der Waals surface area contributed by atoms with E-state index < -0.39 is 11.9 Å². The predicted molar refractivity (Wildman–Crippen MR) is 78.4 cm³/mol. The second-order valence-electron chi connectivity index (χ2n) is 4.76. The molecule has 0 saturated carbocycles. The average molecular weight is 290 g/mol. The number of hydrogen-bond donors (Lipinski definition) is 1. The van der Waals surface area contributed by atoms with E-state index in [1.165, 1.54) is 6.07 Å². The molecule has 1 unspecified atom stereocenters. The maximum absolute atomic E-state index is 13.9. The van der Waals surface area contributed by atoms with Crippen molar-refractivity contribution in [2.24, 2.45) is 5.73 Å². The Balaban J connectivity index is 2.13. The smallest absolute Gasteiger partial charge is 0.137 e. The quantitative estimate of drug-likeness (QED) is 0.750. The van der Waals surface area contributed by atoms with Crippen molar-refractivity contribution in [3.05, 3.63) is 70.2 Å². The van der Waals surface area contributed by atoms with Crippen LogP contribution in [-0.4, -0.2) is 0 Å². The summed E-state index contributed by atoms with van der Waals surface area (Å²) in [7, 11) is 0. The maximum atomic E-state index is 13.9. The minimum atomic E-state index is -0.726. The second-order valence-corrected chi connectivity index (χ2v) is 5.16. The molecule has 20 heavy (non-hydrogen) atoms. The molecular weight excluding hydrogens is 277 g/mol. The van der Waals surface area contributed by atoms with Crippen molar-refractivity contribution in [2.75, 3.05) is 0 Å². The first kappa shape index (κ1) is 13.2. The highest BCUT2D eigenvalue weighted by Gasteiger charge is 2.20. The van der Waals surface area contributed by atoms with Gasteiger partial charge >= 0.3 is 0 Å². The van der Waals surface area contributed by atoms with Crippen molar-refractivity contribution in [1.29, 1.82) is 0 Å². The fourth-order valence-corrected chi connectivity index (χ4v) is 2.61. The van der Waals surface area contributed by atoms with Gasteiger partial charge in [-0.3, -0.25) is 0 Å². The number of rotatable bonds is 2. The number of aryl methyl sites for hydroxylation is 1. The van der Waals surface area contributed by atoms with Crippen LogP contribution in [0.5, 0.6) is 0 Å². The Morgan fingerprint density at radius 1 is 1.20 bits per heavy atom. The van der Waals surface area contributed by atoms with Crippen LogP contribution in [0.15, 0.2) is 46.9 Å². The Hall–Kier alpha value is -1.84. The Kier molecular flexibility index (Phi) is 3.24. The molecule has 0 radical (unpaired) electrons. The number of fused-ring (bicyclic) bond motifs is 1. The van der Waals surface area contributed by atoms with Gasteiger partial charge in [-0.1, -0.05) is 35.9 Å². The summed E-state index contributed by atoms with van der Waals surface area (Å²) in [5.41, 5.74) is 8.15. The summed E-state index contributed by atoms with van der Waals surface area (Å²) < 4.78 is 19.7. The molecule has 1 heterocycles. The topological polar surface area (TPSA) is 39.2 Å². The van der Waals surface area contributed by atoms with E-state index in [0.29, 0.717) is 10.8 Å². The van der Waals surface area contributed by atoms with Crippen molar-refractivity contribution in [3.8, 4) is 0 Å². The monoisotopic (exact) mass is 289 g/mol. The van der Waals surface area contributed by atoms with E-state index in [1.807, 2.05) is 31.2 Å². The third-order valence-corrected chi connectivity index (χ3v) is 3.71. The molecule has 2 N–H and O–H groups in total. The molecule has 0 aliphatic rings. The maximum Gasteiger partial charge on any atom is 0.137 e. The highest BCUT2D eigenvalue weighted by molar-refractivity contribution is 6.31. The molecular formula is C16H13ClFNO. The number of benzene rings is 2. The second kappa shape index (κ2) is 4.93. The standard InChI is InChI=1S/C16H13ClFNO/c1-9-4-2-5-10-8-13(20-16(9)10)15(19)14-11(17)6-3-7-12(14)18/h2-8,15H,19H2,1H3. The number of nitrogens with two attached hydrogens (primary N) is 1. The Morgan fingerprint density at radius 2 is 1.95 bits per heavy atom.